The van der Waals surface area contributed by atoms with E-state index in [1.54, 1.807) is 35.2 Å². The molecule has 1 aromatic carbocycles. The summed E-state index contributed by atoms with van der Waals surface area (Å²) in [4.78, 5) is 26.2. The van der Waals surface area contributed by atoms with E-state index in [-0.39, 0.29) is 5.91 Å². The van der Waals surface area contributed by atoms with E-state index in [0.717, 1.165) is 23.1 Å². The van der Waals surface area contributed by atoms with Crippen molar-refractivity contribution in [2.75, 3.05) is 5.32 Å². The average molecular weight is 383 g/mol. The van der Waals surface area contributed by atoms with Gasteiger partial charge in [-0.3, -0.25) is 15.1 Å². The van der Waals surface area contributed by atoms with E-state index >= 15 is 0 Å². The first kappa shape index (κ1) is 17.1. The topological polar surface area (TPSA) is 90.0 Å². The molecule has 0 saturated heterocycles. The Morgan fingerprint density at radius 1 is 0.966 bits per heavy atom. The van der Waals surface area contributed by atoms with E-state index in [1.165, 1.54) is 0 Å². The molecule has 1 N–H and O–H groups in total. The van der Waals surface area contributed by atoms with Crippen LogP contribution in [-0.2, 0) is 13.0 Å². The lowest BCUT2D eigenvalue weighted by atomic mass is 10.2. The number of aromatic nitrogens is 6. The van der Waals surface area contributed by atoms with Crippen LogP contribution < -0.4 is 5.32 Å². The summed E-state index contributed by atoms with van der Waals surface area (Å²) in [5.74, 6) is 0.172. The molecule has 0 unspecified atom stereocenters. The van der Waals surface area contributed by atoms with E-state index in [2.05, 4.69) is 25.4 Å². The number of carbonyl (C=O) groups is 1. The van der Waals surface area contributed by atoms with Crippen molar-refractivity contribution >= 4 is 28.5 Å². The minimum atomic E-state index is -0.317. The van der Waals surface area contributed by atoms with Crippen LogP contribution in [0.3, 0.4) is 0 Å². The van der Waals surface area contributed by atoms with Gasteiger partial charge >= 0.3 is 0 Å². The number of benzene rings is 1. The molecule has 5 rings (SSSR count). The third kappa shape index (κ3) is 3.31. The maximum atomic E-state index is 12.8. The van der Waals surface area contributed by atoms with Crippen LogP contribution in [-0.4, -0.2) is 35.0 Å². The largest absolute Gasteiger partial charge is 0.310 e. The molecule has 4 heterocycles. The molecule has 0 aliphatic heterocycles. The lowest BCUT2D eigenvalue weighted by Crippen LogP contribution is -2.18. The number of amides is 1. The number of fused-ring (bicyclic) bond motifs is 2. The van der Waals surface area contributed by atoms with Gasteiger partial charge in [0.2, 0.25) is 5.95 Å². The number of para-hydroxylation sites is 2. The highest BCUT2D eigenvalue weighted by molar-refractivity contribution is 6.03. The predicted octanol–water partition coefficient (Wildman–Crippen LogP) is 2.97. The molecule has 8 heteroatoms. The molecule has 0 atom stereocenters. The summed E-state index contributed by atoms with van der Waals surface area (Å²) in [7, 11) is 0. The summed E-state index contributed by atoms with van der Waals surface area (Å²) in [6.07, 6.45) is 5.86. The molecule has 0 aliphatic rings. The number of nitrogens with zero attached hydrogens (tertiary/aromatic N) is 6. The number of aryl methyl sites for hydroxylation is 2. The summed E-state index contributed by atoms with van der Waals surface area (Å²) < 4.78 is 3.61. The van der Waals surface area contributed by atoms with E-state index < -0.39 is 0 Å². The van der Waals surface area contributed by atoms with Crippen molar-refractivity contribution in [2.24, 2.45) is 0 Å². The highest BCUT2D eigenvalue weighted by atomic mass is 16.2. The van der Waals surface area contributed by atoms with Crippen molar-refractivity contribution in [1.29, 1.82) is 0 Å². The van der Waals surface area contributed by atoms with Gasteiger partial charge in [0.25, 0.3) is 5.91 Å². The number of anilines is 1. The second-order valence-electron chi connectivity index (χ2n) is 6.55. The number of pyridine rings is 1. The molecule has 0 spiro atoms. The standard InChI is InChI=1S/C21H17N7O/c29-20(17-10-14-28-19(24-17)8-12-23-28)26-21-25-16-6-1-2-7-18(16)27(21)13-9-15-5-3-4-11-22-15/h1-8,10-12,14H,9,13H2,(H,25,26,29). The van der Waals surface area contributed by atoms with Crippen LogP contribution in [0.5, 0.6) is 0 Å². The molecular weight excluding hydrogens is 366 g/mol. The fourth-order valence-corrected chi connectivity index (χ4v) is 3.27. The third-order valence-electron chi connectivity index (χ3n) is 4.69. The molecular formula is C21H17N7O. The lowest BCUT2D eigenvalue weighted by molar-refractivity contribution is 0.102. The third-order valence-corrected chi connectivity index (χ3v) is 4.69. The van der Waals surface area contributed by atoms with Crippen molar-refractivity contribution < 1.29 is 4.79 Å². The summed E-state index contributed by atoms with van der Waals surface area (Å²) in [6.45, 7) is 0.641. The maximum absolute atomic E-state index is 12.8. The zero-order valence-corrected chi connectivity index (χ0v) is 15.4. The van der Waals surface area contributed by atoms with Crippen LogP contribution in [0, 0.1) is 0 Å². The Hall–Kier alpha value is -4.07. The molecule has 0 bridgehead atoms. The SMILES string of the molecule is O=C(Nc1nc2ccccc2n1CCc1ccccn1)c1ccn2nccc2n1. The number of hydrogen-bond donors (Lipinski definition) is 1. The van der Waals surface area contributed by atoms with Crippen molar-refractivity contribution in [3.63, 3.8) is 0 Å². The Labute approximate surface area is 165 Å². The summed E-state index contributed by atoms with van der Waals surface area (Å²) in [5, 5.41) is 7.01. The van der Waals surface area contributed by atoms with Crippen LogP contribution in [0.2, 0.25) is 0 Å². The van der Waals surface area contributed by atoms with Gasteiger partial charge in [-0.15, -0.1) is 0 Å². The van der Waals surface area contributed by atoms with E-state index in [0.29, 0.717) is 23.8 Å². The summed E-state index contributed by atoms with van der Waals surface area (Å²) >= 11 is 0. The van der Waals surface area contributed by atoms with Gasteiger partial charge in [-0.05, 0) is 30.3 Å². The first-order valence-corrected chi connectivity index (χ1v) is 9.25. The minimum Gasteiger partial charge on any atom is -0.310 e. The van der Waals surface area contributed by atoms with Crippen molar-refractivity contribution in [2.45, 2.75) is 13.0 Å². The summed E-state index contributed by atoms with van der Waals surface area (Å²) in [6, 6.07) is 17.0. The second kappa shape index (κ2) is 7.16. The van der Waals surface area contributed by atoms with Crippen LogP contribution in [0.4, 0.5) is 5.95 Å². The molecule has 29 heavy (non-hydrogen) atoms. The highest BCUT2D eigenvalue weighted by Crippen LogP contribution is 2.20. The van der Waals surface area contributed by atoms with Gasteiger partial charge < -0.3 is 4.57 Å². The fraction of sp³-hybridized carbons (Fsp3) is 0.0952. The van der Waals surface area contributed by atoms with E-state index in [1.807, 2.05) is 47.0 Å². The number of hydrogen-bond acceptors (Lipinski definition) is 5. The highest BCUT2D eigenvalue weighted by Gasteiger charge is 2.16. The molecule has 8 nitrogen and oxygen atoms in total. The first-order chi connectivity index (χ1) is 14.3. The monoisotopic (exact) mass is 383 g/mol. The van der Waals surface area contributed by atoms with E-state index in [9.17, 15) is 4.79 Å². The number of imidazole rings is 1. The summed E-state index contributed by atoms with van der Waals surface area (Å²) in [5.41, 5.74) is 3.68. The smallest absolute Gasteiger partial charge is 0.276 e. The van der Waals surface area contributed by atoms with Gasteiger partial charge in [0, 0.05) is 37.1 Å². The van der Waals surface area contributed by atoms with Gasteiger partial charge in [0.05, 0.1) is 17.2 Å². The molecule has 142 valence electrons. The second-order valence-corrected chi connectivity index (χ2v) is 6.55. The number of nitrogens with one attached hydrogen (secondary N) is 1. The zero-order valence-electron chi connectivity index (χ0n) is 15.4. The van der Waals surface area contributed by atoms with Crippen molar-refractivity contribution in [3.05, 3.63) is 84.6 Å². The Balaban J connectivity index is 1.46. The minimum absolute atomic E-state index is 0.307. The molecule has 0 saturated carbocycles. The van der Waals surface area contributed by atoms with Crippen molar-refractivity contribution in [1.82, 2.24) is 29.1 Å². The zero-order chi connectivity index (χ0) is 19.6. The fourth-order valence-electron chi connectivity index (χ4n) is 3.27. The molecule has 0 fully saturated rings. The Morgan fingerprint density at radius 3 is 2.76 bits per heavy atom. The first-order valence-electron chi connectivity index (χ1n) is 9.25. The predicted molar refractivity (Wildman–Crippen MR) is 109 cm³/mol. The molecule has 5 aromatic rings. The Bertz CT molecular complexity index is 1310. The van der Waals surface area contributed by atoms with Gasteiger partial charge in [-0.25, -0.2) is 14.5 Å². The molecule has 0 radical (unpaired) electrons. The number of carbonyl (C=O) groups excluding carboxylic acids is 1. The Kier molecular flexibility index (Phi) is 4.21. The van der Waals surface area contributed by atoms with Gasteiger partial charge in [-0.2, -0.15) is 5.10 Å². The van der Waals surface area contributed by atoms with Crippen molar-refractivity contribution in [3.8, 4) is 0 Å². The number of rotatable bonds is 5. The van der Waals surface area contributed by atoms with Crippen LogP contribution in [0.1, 0.15) is 16.2 Å². The quantitative estimate of drug-likeness (QED) is 0.504. The van der Waals surface area contributed by atoms with Crippen LogP contribution >= 0.6 is 0 Å². The Morgan fingerprint density at radius 2 is 1.86 bits per heavy atom. The van der Waals surface area contributed by atoms with Gasteiger partial charge in [0.1, 0.15) is 5.69 Å². The molecule has 0 aliphatic carbocycles. The molecule has 1 amide bonds. The van der Waals surface area contributed by atoms with Gasteiger partial charge in [-0.1, -0.05) is 18.2 Å². The van der Waals surface area contributed by atoms with Crippen LogP contribution in [0.25, 0.3) is 16.7 Å². The van der Waals surface area contributed by atoms with Crippen LogP contribution in [0.15, 0.2) is 73.2 Å². The molecule has 4 aromatic heterocycles. The maximum Gasteiger partial charge on any atom is 0.276 e. The van der Waals surface area contributed by atoms with E-state index in [4.69, 9.17) is 0 Å². The lowest BCUT2D eigenvalue weighted by Gasteiger charge is -2.10. The average Bonchev–Trinajstić information content (AvgIpc) is 3.36. The normalized spacial score (nSPS) is 11.2. The van der Waals surface area contributed by atoms with Gasteiger partial charge in [0.15, 0.2) is 5.65 Å².